The summed E-state index contributed by atoms with van der Waals surface area (Å²) in [6, 6.07) is 3.37. The Morgan fingerprint density at radius 1 is 1.00 bits per heavy atom. The van der Waals surface area contributed by atoms with E-state index in [-0.39, 0.29) is 18.5 Å². The first-order valence-corrected chi connectivity index (χ1v) is 19.5. The summed E-state index contributed by atoms with van der Waals surface area (Å²) in [5, 5.41) is 0.717. The number of aromatic amines is 1. The van der Waals surface area contributed by atoms with Gasteiger partial charge in [0.1, 0.15) is 0 Å². The van der Waals surface area contributed by atoms with E-state index in [0.717, 1.165) is 9.87 Å². The molecule has 0 aromatic carbocycles. The molecule has 7 heterocycles. The van der Waals surface area contributed by atoms with E-state index in [0.29, 0.717) is 11.2 Å². The SMILES string of the molecule is O=c1[nH]ccc2c1ncn2[C@@H]1O[C@@H]2COP(=O)(S)O[C@H]3[C@H](F)[C@H](n4ccc5c([AsH2])ncnc54)O[C@@H]3COP(=O)(S)O[C@@H]1C2. The van der Waals surface area contributed by atoms with E-state index in [4.69, 9.17) is 27.6 Å². The Balaban J connectivity index is 1.18. The van der Waals surface area contributed by atoms with Gasteiger partial charge in [-0.25, -0.2) is 4.98 Å². The van der Waals surface area contributed by atoms with Gasteiger partial charge in [0.05, 0.1) is 11.8 Å². The number of thiol groups is 2. The van der Waals surface area contributed by atoms with Crippen molar-refractivity contribution in [3.63, 3.8) is 0 Å². The fourth-order valence-corrected chi connectivity index (χ4v) is 9.05. The molecule has 3 unspecified atom stereocenters. The van der Waals surface area contributed by atoms with Crippen LogP contribution in [0, 0.1) is 0 Å². The first kappa shape index (κ1) is 30.1. The molecule has 4 aromatic rings. The van der Waals surface area contributed by atoms with Crippen LogP contribution in [0.1, 0.15) is 18.9 Å². The van der Waals surface area contributed by atoms with Crippen LogP contribution in [0.4, 0.5) is 4.39 Å². The van der Waals surface area contributed by atoms with Crippen LogP contribution in [-0.2, 0) is 36.7 Å². The number of imidazole rings is 1. The number of alkyl halides is 1. The van der Waals surface area contributed by atoms with Gasteiger partial charge in [0.2, 0.25) is 0 Å². The van der Waals surface area contributed by atoms with E-state index in [1.54, 1.807) is 22.9 Å². The molecule has 0 spiro atoms. The number of rotatable bonds is 2. The summed E-state index contributed by atoms with van der Waals surface area (Å²) in [7, 11) is 0. The standard InChI is InChI=1S/C22H24AsFN6O9P2S2/c23-18-11-2-4-29(19(11)27-8-26-18)22-15(24)17-14(37-22)7-35-40(32,42)38-13-5-10(6-34-41(33,43)39-17)36-21(13)30-9-28-16-12(30)1-3-25-20(16)31/h1-4,8-10,13-15,17,21-22H,5-7,23H2,(H,25,31)(H,32,42)(H,33,43)/t10-,13+,14+,15-,17+,21+,22+,40?,41?/m0/s1. The number of hydrogen-bond acceptors (Lipinski definition) is 12. The molecule has 0 aliphatic carbocycles. The third-order valence-corrected chi connectivity index (χ3v) is 11.6. The Hall–Kier alpha value is -1.55. The number of halogens is 1. The molecular weight excluding hydrogens is 712 g/mol. The summed E-state index contributed by atoms with van der Waals surface area (Å²) in [4.78, 5) is 27.4. The van der Waals surface area contributed by atoms with Crippen molar-refractivity contribution in [1.82, 2.24) is 29.1 Å². The molecule has 2 bridgehead atoms. The van der Waals surface area contributed by atoms with E-state index in [2.05, 4.69) is 44.4 Å². The third kappa shape index (κ3) is 5.70. The third-order valence-electron chi connectivity index (χ3n) is 7.35. The zero-order valence-electron chi connectivity index (χ0n) is 21.8. The average molecular weight is 736 g/mol. The van der Waals surface area contributed by atoms with Crippen molar-refractivity contribution in [3.8, 4) is 0 Å². The predicted octanol–water partition coefficient (Wildman–Crippen LogP) is 1.84. The predicted molar refractivity (Wildman–Crippen MR) is 158 cm³/mol. The number of hydrogen-bond donors (Lipinski definition) is 3. The van der Waals surface area contributed by atoms with Gasteiger partial charge in [0.15, 0.2) is 11.7 Å². The van der Waals surface area contributed by atoms with Crippen molar-refractivity contribution < 1.29 is 41.1 Å². The Morgan fingerprint density at radius 3 is 2.63 bits per heavy atom. The zero-order chi connectivity index (χ0) is 30.1. The minimum Gasteiger partial charge on any atom is 0.00723 e. The summed E-state index contributed by atoms with van der Waals surface area (Å²) in [6.07, 6.45) is -2.55. The molecule has 3 aliphatic rings. The Bertz CT molecular complexity index is 1860. The zero-order valence-corrected chi connectivity index (χ0v) is 27.8. The van der Waals surface area contributed by atoms with Crippen molar-refractivity contribution in [3.05, 3.63) is 47.5 Å². The maximum atomic E-state index is 16.0. The topological polar surface area (TPSA) is 171 Å². The quantitative estimate of drug-likeness (QED) is 0.155. The molecule has 3 aliphatic heterocycles. The summed E-state index contributed by atoms with van der Waals surface area (Å²) < 4.78 is 81.2. The molecule has 21 heteroatoms. The van der Waals surface area contributed by atoms with Gasteiger partial charge < -0.3 is 14.3 Å². The van der Waals surface area contributed by atoms with Crippen molar-refractivity contribution in [1.29, 1.82) is 0 Å². The minimum absolute atomic E-state index is 0.107. The number of pyridine rings is 1. The van der Waals surface area contributed by atoms with Gasteiger partial charge >= 0.3 is 190 Å². The van der Waals surface area contributed by atoms with Gasteiger partial charge in [-0.15, -0.1) is 0 Å². The Labute approximate surface area is 261 Å². The smallest absolute Gasteiger partial charge is 0.00723 e. The maximum absolute atomic E-state index is 16.0. The van der Waals surface area contributed by atoms with Crippen LogP contribution in [0.5, 0.6) is 0 Å². The number of nitrogens with one attached hydrogen (secondary N) is 1. The van der Waals surface area contributed by atoms with Crippen LogP contribution in [0.15, 0.2) is 42.0 Å². The van der Waals surface area contributed by atoms with Gasteiger partial charge in [-0.3, -0.25) is 4.79 Å². The molecule has 10 atom stereocenters. The molecular formula is C22H24AsFN6O9P2S2. The van der Waals surface area contributed by atoms with E-state index < -0.39 is 68.8 Å². The second kappa shape index (κ2) is 11.4. The Morgan fingerprint density at radius 2 is 1.79 bits per heavy atom. The number of nitrogens with zero attached hydrogens (tertiary/aromatic N) is 5. The molecule has 3 saturated heterocycles. The molecule has 4 aromatic heterocycles. The van der Waals surface area contributed by atoms with Gasteiger partial charge in [-0.2, -0.15) is 0 Å². The molecule has 7 rings (SSSR count). The summed E-state index contributed by atoms with van der Waals surface area (Å²) >= 11 is 9.52. The van der Waals surface area contributed by atoms with Crippen LogP contribution < -0.4 is 10.0 Å². The van der Waals surface area contributed by atoms with Gasteiger partial charge in [-0.1, -0.05) is 0 Å². The van der Waals surface area contributed by atoms with Gasteiger partial charge in [0, 0.05) is 12.6 Å². The van der Waals surface area contributed by atoms with Crippen molar-refractivity contribution >= 4 is 81.5 Å². The van der Waals surface area contributed by atoms with Crippen LogP contribution >= 0.6 is 38.1 Å². The van der Waals surface area contributed by atoms with Gasteiger partial charge in [0.25, 0.3) is 5.56 Å². The Kier molecular flexibility index (Phi) is 7.96. The number of fused-ring (bicyclic) bond motifs is 5. The normalized spacial score (nSPS) is 37.2. The van der Waals surface area contributed by atoms with Crippen LogP contribution in [0.3, 0.4) is 0 Å². The van der Waals surface area contributed by atoms with E-state index >= 15 is 4.39 Å². The van der Waals surface area contributed by atoms with Crippen LogP contribution in [-0.4, -0.2) is 89.7 Å². The molecule has 3 fully saturated rings. The molecule has 0 saturated carbocycles. The molecule has 1 N–H and O–H groups in total. The van der Waals surface area contributed by atoms with Crippen molar-refractivity contribution in [2.24, 2.45) is 0 Å². The fraction of sp³-hybridized carbons (Fsp3) is 0.455. The fourth-order valence-electron chi connectivity index (χ4n) is 5.45. The monoisotopic (exact) mass is 736 g/mol. The summed E-state index contributed by atoms with van der Waals surface area (Å²) in [6.45, 7) is -9.12. The molecule has 230 valence electrons. The molecule has 0 radical (unpaired) electrons. The second-order valence-electron chi connectivity index (χ2n) is 10.0. The van der Waals surface area contributed by atoms with Crippen molar-refractivity contribution in [2.75, 3.05) is 13.2 Å². The molecule has 0 amide bonds. The van der Waals surface area contributed by atoms with Crippen LogP contribution in [0.2, 0.25) is 0 Å². The first-order valence-electron chi connectivity index (χ1n) is 12.9. The number of aromatic nitrogens is 6. The van der Waals surface area contributed by atoms with Crippen molar-refractivity contribution in [2.45, 2.75) is 49.5 Å². The summed E-state index contributed by atoms with van der Waals surface area (Å²) in [5.41, 5.74) is 0.621. The number of ether oxygens (including phenoxy) is 2. The second-order valence-corrected chi connectivity index (χ2v) is 16.9. The summed E-state index contributed by atoms with van der Waals surface area (Å²) in [5.74, 6) is 0. The van der Waals surface area contributed by atoms with E-state index in [1.807, 2.05) is 0 Å². The average Bonchev–Trinajstić information content (AvgIpc) is 3.72. The van der Waals surface area contributed by atoms with E-state index in [1.165, 1.54) is 40.3 Å². The van der Waals surface area contributed by atoms with Crippen LogP contribution in [0.25, 0.3) is 22.1 Å². The molecule has 43 heavy (non-hydrogen) atoms. The minimum atomic E-state index is -4.20. The van der Waals surface area contributed by atoms with E-state index in [9.17, 15) is 13.9 Å². The van der Waals surface area contributed by atoms with Gasteiger partial charge in [-0.05, 0) is 6.07 Å². The molecule has 15 nitrogen and oxygen atoms in total. The first-order chi connectivity index (χ1) is 20.5. The number of H-pyrrole nitrogens is 1.